The fourth-order valence-corrected chi connectivity index (χ4v) is 2.50. The van der Waals surface area contributed by atoms with Crippen molar-refractivity contribution in [3.8, 4) is 0 Å². The molecule has 3 nitrogen and oxygen atoms in total. The molecule has 1 N–H and O–H groups in total. The molecule has 0 saturated heterocycles. The molecule has 0 amide bonds. The minimum Gasteiger partial charge on any atom is -0.465 e. The van der Waals surface area contributed by atoms with Crippen LogP contribution in [0.2, 0.25) is 0 Å². The number of methoxy groups -OCH3 is 1. The van der Waals surface area contributed by atoms with E-state index < -0.39 is 0 Å². The number of ether oxygens (including phenoxy) is 1. The van der Waals surface area contributed by atoms with E-state index in [1.165, 1.54) is 39.2 Å². The Morgan fingerprint density at radius 1 is 1.22 bits per heavy atom. The first kappa shape index (κ1) is 12.9. The predicted molar refractivity (Wildman–Crippen MR) is 72.8 cm³/mol. The van der Waals surface area contributed by atoms with E-state index >= 15 is 0 Å². The van der Waals surface area contributed by atoms with Crippen molar-refractivity contribution in [2.75, 3.05) is 19.0 Å². The molecule has 1 saturated carbocycles. The Bertz CT molecular complexity index is 380. The summed E-state index contributed by atoms with van der Waals surface area (Å²) in [6, 6.07) is 7.48. The first-order chi connectivity index (χ1) is 8.79. The van der Waals surface area contributed by atoms with Crippen molar-refractivity contribution < 1.29 is 9.53 Å². The number of benzene rings is 1. The molecule has 1 aromatic carbocycles. The second-order valence-corrected chi connectivity index (χ2v) is 4.95. The maximum absolute atomic E-state index is 11.3. The fourth-order valence-electron chi connectivity index (χ4n) is 2.50. The summed E-state index contributed by atoms with van der Waals surface area (Å²) in [5.74, 6) is 0.521. The van der Waals surface area contributed by atoms with Crippen molar-refractivity contribution >= 4 is 11.7 Å². The molecule has 98 valence electrons. The van der Waals surface area contributed by atoms with Gasteiger partial charge in [-0.2, -0.15) is 0 Å². The lowest BCUT2D eigenvalue weighted by Gasteiger charge is -2.22. The van der Waals surface area contributed by atoms with Gasteiger partial charge in [0.1, 0.15) is 0 Å². The van der Waals surface area contributed by atoms with Crippen LogP contribution >= 0.6 is 0 Å². The van der Waals surface area contributed by atoms with E-state index in [1.54, 1.807) is 12.1 Å². The third-order valence-electron chi connectivity index (χ3n) is 3.63. The average Bonchev–Trinajstić information content (AvgIpc) is 2.46. The Balaban J connectivity index is 1.84. The summed E-state index contributed by atoms with van der Waals surface area (Å²) in [6.07, 6.45) is 6.81. The third-order valence-corrected chi connectivity index (χ3v) is 3.63. The highest BCUT2D eigenvalue weighted by Gasteiger charge is 2.12. The van der Waals surface area contributed by atoms with Gasteiger partial charge in [0, 0.05) is 12.2 Å². The summed E-state index contributed by atoms with van der Waals surface area (Å²) in [4.78, 5) is 11.3. The molecular weight excluding hydrogens is 226 g/mol. The number of esters is 1. The highest BCUT2D eigenvalue weighted by Crippen LogP contribution is 2.24. The predicted octanol–water partition coefficient (Wildman–Crippen LogP) is 3.47. The topological polar surface area (TPSA) is 38.3 Å². The van der Waals surface area contributed by atoms with Crippen LogP contribution in [-0.4, -0.2) is 19.6 Å². The molecule has 18 heavy (non-hydrogen) atoms. The number of nitrogens with one attached hydrogen (secondary N) is 1. The van der Waals surface area contributed by atoms with Crippen LogP contribution < -0.4 is 5.32 Å². The van der Waals surface area contributed by atoms with Crippen LogP contribution in [0.4, 0.5) is 5.69 Å². The molecule has 0 radical (unpaired) electrons. The molecule has 1 aliphatic carbocycles. The monoisotopic (exact) mass is 247 g/mol. The number of hydrogen-bond acceptors (Lipinski definition) is 3. The van der Waals surface area contributed by atoms with E-state index in [1.807, 2.05) is 12.1 Å². The van der Waals surface area contributed by atoms with E-state index in [0.29, 0.717) is 5.56 Å². The molecule has 1 fully saturated rings. The lowest BCUT2D eigenvalue weighted by molar-refractivity contribution is 0.0601. The largest absolute Gasteiger partial charge is 0.465 e. The minimum absolute atomic E-state index is 0.283. The maximum Gasteiger partial charge on any atom is 0.337 e. The number of anilines is 1. The van der Waals surface area contributed by atoms with Crippen molar-refractivity contribution in [2.24, 2.45) is 5.92 Å². The lowest BCUT2D eigenvalue weighted by atomic mass is 9.89. The van der Waals surface area contributed by atoms with Gasteiger partial charge in [-0.1, -0.05) is 19.3 Å². The standard InChI is InChI=1S/C15H21NO2/c1-18-15(17)13-7-9-14(10-8-13)16-11-12-5-3-2-4-6-12/h7-10,12,16H,2-6,11H2,1H3. The van der Waals surface area contributed by atoms with Crippen LogP contribution in [0.3, 0.4) is 0 Å². The molecule has 0 aromatic heterocycles. The average molecular weight is 247 g/mol. The summed E-state index contributed by atoms with van der Waals surface area (Å²) in [6.45, 7) is 1.04. The molecule has 2 rings (SSSR count). The number of carbonyl (C=O) groups excluding carboxylic acids is 1. The third kappa shape index (κ3) is 3.49. The summed E-state index contributed by atoms with van der Waals surface area (Å²) >= 11 is 0. The Hall–Kier alpha value is -1.51. The van der Waals surface area contributed by atoms with Gasteiger partial charge >= 0.3 is 5.97 Å². The van der Waals surface area contributed by atoms with Crippen molar-refractivity contribution in [3.05, 3.63) is 29.8 Å². The van der Waals surface area contributed by atoms with Crippen molar-refractivity contribution in [3.63, 3.8) is 0 Å². The maximum atomic E-state index is 11.3. The van der Waals surface area contributed by atoms with Gasteiger partial charge in [0.05, 0.1) is 12.7 Å². The number of hydrogen-bond donors (Lipinski definition) is 1. The van der Waals surface area contributed by atoms with E-state index in [0.717, 1.165) is 18.2 Å². The first-order valence-corrected chi connectivity index (χ1v) is 6.72. The molecule has 0 spiro atoms. The molecule has 1 aromatic rings. The second kappa shape index (κ2) is 6.43. The molecule has 0 heterocycles. The fraction of sp³-hybridized carbons (Fsp3) is 0.533. The van der Waals surface area contributed by atoms with Gasteiger partial charge in [0.15, 0.2) is 0 Å². The van der Waals surface area contributed by atoms with Gasteiger partial charge in [-0.05, 0) is 43.0 Å². The van der Waals surface area contributed by atoms with Crippen LogP contribution in [0.1, 0.15) is 42.5 Å². The Morgan fingerprint density at radius 3 is 2.50 bits per heavy atom. The van der Waals surface area contributed by atoms with E-state index in [-0.39, 0.29) is 5.97 Å². The Morgan fingerprint density at radius 2 is 1.89 bits per heavy atom. The van der Waals surface area contributed by atoms with Crippen molar-refractivity contribution in [1.29, 1.82) is 0 Å². The first-order valence-electron chi connectivity index (χ1n) is 6.72. The molecule has 1 aliphatic rings. The SMILES string of the molecule is COC(=O)c1ccc(NCC2CCCCC2)cc1. The smallest absolute Gasteiger partial charge is 0.337 e. The molecular formula is C15H21NO2. The van der Waals surface area contributed by atoms with Gasteiger partial charge in [0.2, 0.25) is 0 Å². The summed E-state index contributed by atoms with van der Waals surface area (Å²) in [7, 11) is 1.40. The quantitative estimate of drug-likeness (QED) is 0.828. The molecule has 3 heteroatoms. The normalized spacial score (nSPS) is 16.3. The van der Waals surface area contributed by atoms with Crippen molar-refractivity contribution in [2.45, 2.75) is 32.1 Å². The molecule has 0 bridgehead atoms. The van der Waals surface area contributed by atoms with Gasteiger partial charge in [-0.15, -0.1) is 0 Å². The van der Waals surface area contributed by atoms with Crippen LogP contribution in [0.25, 0.3) is 0 Å². The van der Waals surface area contributed by atoms with Gasteiger partial charge in [0.25, 0.3) is 0 Å². The Kier molecular flexibility index (Phi) is 4.62. The van der Waals surface area contributed by atoms with Gasteiger partial charge in [-0.3, -0.25) is 0 Å². The van der Waals surface area contributed by atoms with Gasteiger partial charge in [-0.25, -0.2) is 4.79 Å². The number of rotatable bonds is 4. The van der Waals surface area contributed by atoms with E-state index in [4.69, 9.17) is 0 Å². The van der Waals surface area contributed by atoms with E-state index in [2.05, 4.69) is 10.1 Å². The van der Waals surface area contributed by atoms with Crippen LogP contribution in [-0.2, 0) is 4.74 Å². The summed E-state index contributed by atoms with van der Waals surface area (Å²) in [5, 5.41) is 3.45. The molecule has 0 aliphatic heterocycles. The summed E-state index contributed by atoms with van der Waals surface area (Å²) in [5.41, 5.74) is 1.67. The lowest BCUT2D eigenvalue weighted by Crippen LogP contribution is -2.17. The van der Waals surface area contributed by atoms with Crippen LogP contribution in [0.15, 0.2) is 24.3 Å². The van der Waals surface area contributed by atoms with Crippen LogP contribution in [0.5, 0.6) is 0 Å². The highest BCUT2D eigenvalue weighted by atomic mass is 16.5. The minimum atomic E-state index is -0.283. The molecule has 0 unspecified atom stereocenters. The van der Waals surface area contributed by atoms with Crippen molar-refractivity contribution in [1.82, 2.24) is 0 Å². The van der Waals surface area contributed by atoms with Crippen LogP contribution in [0, 0.1) is 5.92 Å². The zero-order valence-electron chi connectivity index (χ0n) is 10.9. The molecule has 0 atom stereocenters. The van der Waals surface area contributed by atoms with Gasteiger partial charge < -0.3 is 10.1 Å². The van der Waals surface area contributed by atoms with E-state index in [9.17, 15) is 4.79 Å². The zero-order chi connectivity index (χ0) is 12.8. The summed E-state index contributed by atoms with van der Waals surface area (Å²) < 4.78 is 4.67. The number of carbonyl (C=O) groups is 1. The highest BCUT2D eigenvalue weighted by molar-refractivity contribution is 5.89. The zero-order valence-corrected chi connectivity index (χ0v) is 10.9. The second-order valence-electron chi connectivity index (χ2n) is 4.95. The Labute approximate surface area is 109 Å².